The normalized spacial score (nSPS) is 29.2. The standard InChI is InChI=1S/C12H19BrN2O/c1-8-7-15(6-5-10(8)14)9(2)11-3-4-12(13)16-11/h3-4,8-10H,5-7,14H2,1-2H3. The Bertz CT molecular complexity index is 353. The fraction of sp³-hybridized carbons (Fsp3) is 0.667. The first-order valence-corrected chi connectivity index (χ1v) is 6.62. The second-order valence-electron chi connectivity index (χ2n) is 4.74. The largest absolute Gasteiger partial charge is 0.453 e. The van der Waals surface area contributed by atoms with Crippen molar-refractivity contribution in [2.45, 2.75) is 32.4 Å². The Morgan fingerprint density at radius 2 is 2.31 bits per heavy atom. The van der Waals surface area contributed by atoms with Crippen molar-refractivity contribution in [3.8, 4) is 0 Å². The molecule has 16 heavy (non-hydrogen) atoms. The second-order valence-corrected chi connectivity index (χ2v) is 5.52. The van der Waals surface area contributed by atoms with E-state index in [4.69, 9.17) is 10.2 Å². The zero-order valence-electron chi connectivity index (χ0n) is 9.82. The van der Waals surface area contributed by atoms with E-state index in [-0.39, 0.29) is 0 Å². The van der Waals surface area contributed by atoms with Gasteiger partial charge >= 0.3 is 0 Å². The van der Waals surface area contributed by atoms with Crippen molar-refractivity contribution < 1.29 is 4.42 Å². The lowest BCUT2D eigenvalue weighted by Crippen LogP contribution is -2.46. The van der Waals surface area contributed by atoms with E-state index < -0.39 is 0 Å². The van der Waals surface area contributed by atoms with Crippen molar-refractivity contribution >= 4 is 15.9 Å². The van der Waals surface area contributed by atoms with E-state index in [9.17, 15) is 0 Å². The molecule has 1 aliphatic rings. The van der Waals surface area contributed by atoms with Gasteiger partial charge in [-0.05, 0) is 47.3 Å². The first-order valence-electron chi connectivity index (χ1n) is 5.83. The second kappa shape index (κ2) is 4.90. The molecule has 0 aliphatic carbocycles. The van der Waals surface area contributed by atoms with Crippen LogP contribution in [0.25, 0.3) is 0 Å². The predicted octanol–water partition coefficient (Wildman–Crippen LogP) is 2.77. The molecule has 2 N–H and O–H groups in total. The van der Waals surface area contributed by atoms with Crippen LogP contribution in [0.1, 0.15) is 32.1 Å². The summed E-state index contributed by atoms with van der Waals surface area (Å²) in [7, 11) is 0. The lowest BCUT2D eigenvalue weighted by molar-refractivity contribution is 0.112. The smallest absolute Gasteiger partial charge is 0.169 e. The quantitative estimate of drug-likeness (QED) is 0.909. The number of hydrogen-bond donors (Lipinski definition) is 1. The summed E-state index contributed by atoms with van der Waals surface area (Å²) in [6, 6.07) is 4.67. The van der Waals surface area contributed by atoms with Gasteiger partial charge in [-0.2, -0.15) is 0 Å². The molecule has 2 rings (SSSR count). The highest BCUT2D eigenvalue weighted by Gasteiger charge is 2.27. The Morgan fingerprint density at radius 1 is 1.56 bits per heavy atom. The minimum atomic E-state index is 0.334. The predicted molar refractivity (Wildman–Crippen MR) is 68.2 cm³/mol. The van der Waals surface area contributed by atoms with E-state index in [2.05, 4.69) is 34.7 Å². The van der Waals surface area contributed by atoms with E-state index in [1.807, 2.05) is 12.1 Å². The lowest BCUT2D eigenvalue weighted by atomic mass is 9.93. The molecule has 0 radical (unpaired) electrons. The van der Waals surface area contributed by atoms with Crippen LogP contribution in [0.5, 0.6) is 0 Å². The molecule has 0 spiro atoms. The molecule has 2 heterocycles. The number of nitrogens with zero attached hydrogens (tertiary/aromatic N) is 1. The summed E-state index contributed by atoms with van der Waals surface area (Å²) in [4.78, 5) is 2.44. The van der Waals surface area contributed by atoms with Crippen molar-refractivity contribution in [2.24, 2.45) is 11.7 Å². The first-order chi connectivity index (χ1) is 7.58. The first kappa shape index (κ1) is 12.1. The molecule has 0 amide bonds. The third kappa shape index (κ3) is 2.50. The van der Waals surface area contributed by atoms with E-state index in [0.29, 0.717) is 18.0 Å². The molecular weight excluding hydrogens is 268 g/mol. The van der Waals surface area contributed by atoms with Gasteiger partial charge in [0.1, 0.15) is 5.76 Å². The van der Waals surface area contributed by atoms with E-state index in [1.54, 1.807) is 0 Å². The van der Waals surface area contributed by atoms with Crippen molar-refractivity contribution in [2.75, 3.05) is 13.1 Å². The molecular formula is C12H19BrN2O. The Morgan fingerprint density at radius 3 is 2.88 bits per heavy atom. The molecule has 3 unspecified atom stereocenters. The van der Waals surface area contributed by atoms with Crippen LogP contribution in [0, 0.1) is 5.92 Å². The average Bonchev–Trinajstić information content (AvgIpc) is 2.68. The fourth-order valence-corrected chi connectivity index (χ4v) is 2.60. The number of furan rings is 1. The molecule has 0 aromatic carbocycles. The van der Waals surface area contributed by atoms with Gasteiger partial charge in [0.15, 0.2) is 4.67 Å². The van der Waals surface area contributed by atoms with Crippen LogP contribution in [0.2, 0.25) is 0 Å². The van der Waals surface area contributed by atoms with E-state index in [1.165, 1.54) is 0 Å². The summed E-state index contributed by atoms with van der Waals surface area (Å²) in [6.07, 6.45) is 1.08. The summed E-state index contributed by atoms with van der Waals surface area (Å²) in [5.74, 6) is 1.59. The molecule has 1 fully saturated rings. The Labute approximate surface area is 105 Å². The van der Waals surface area contributed by atoms with Gasteiger partial charge in [0.05, 0.1) is 6.04 Å². The lowest BCUT2D eigenvalue weighted by Gasteiger charge is -2.37. The van der Waals surface area contributed by atoms with Gasteiger partial charge in [-0.25, -0.2) is 0 Å². The van der Waals surface area contributed by atoms with Gasteiger partial charge in [0, 0.05) is 19.1 Å². The number of rotatable bonds is 2. The van der Waals surface area contributed by atoms with Crippen molar-refractivity contribution in [1.29, 1.82) is 0 Å². The highest BCUT2D eigenvalue weighted by Crippen LogP contribution is 2.28. The van der Waals surface area contributed by atoms with Crippen LogP contribution in [0.3, 0.4) is 0 Å². The van der Waals surface area contributed by atoms with Crippen LogP contribution in [0.15, 0.2) is 21.2 Å². The minimum Gasteiger partial charge on any atom is -0.453 e. The minimum absolute atomic E-state index is 0.334. The Balaban J connectivity index is 2.02. The van der Waals surface area contributed by atoms with Crippen LogP contribution < -0.4 is 5.73 Å². The SMILES string of the molecule is CC1CN(C(C)c2ccc(Br)o2)CCC1N. The maximum atomic E-state index is 6.03. The van der Waals surface area contributed by atoms with Crippen LogP contribution in [-0.2, 0) is 0 Å². The van der Waals surface area contributed by atoms with Crippen molar-refractivity contribution in [3.63, 3.8) is 0 Å². The van der Waals surface area contributed by atoms with Gasteiger partial charge in [-0.15, -0.1) is 0 Å². The third-order valence-corrected chi connectivity index (χ3v) is 3.98. The molecule has 1 aromatic heterocycles. The molecule has 1 saturated heterocycles. The maximum absolute atomic E-state index is 6.03. The summed E-state index contributed by atoms with van der Waals surface area (Å²) >= 11 is 3.34. The number of halogens is 1. The Hall–Kier alpha value is -0.320. The number of nitrogens with two attached hydrogens (primary N) is 1. The summed E-state index contributed by atoms with van der Waals surface area (Å²) < 4.78 is 6.41. The van der Waals surface area contributed by atoms with E-state index >= 15 is 0 Å². The number of likely N-dealkylation sites (tertiary alicyclic amines) is 1. The fourth-order valence-electron chi connectivity index (χ4n) is 2.28. The summed E-state index contributed by atoms with van der Waals surface area (Å²) in [5, 5.41) is 0. The Kier molecular flexibility index (Phi) is 3.72. The number of piperidine rings is 1. The van der Waals surface area contributed by atoms with Crippen molar-refractivity contribution in [1.82, 2.24) is 4.90 Å². The molecule has 1 aliphatic heterocycles. The highest BCUT2D eigenvalue weighted by atomic mass is 79.9. The molecule has 3 nitrogen and oxygen atoms in total. The topological polar surface area (TPSA) is 42.4 Å². The molecule has 0 bridgehead atoms. The van der Waals surface area contributed by atoms with Gasteiger partial charge in [0.25, 0.3) is 0 Å². The average molecular weight is 287 g/mol. The zero-order chi connectivity index (χ0) is 11.7. The third-order valence-electron chi connectivity index (χ3n) is 3.56. The van der Waals surface area contributed by atoms with Crippen LogP contribution in [-0.4, -0.2) is 24.0 Å². The van der Waals surface area contributed by atoms with Gasteiger partial charge < -0.3 is 10.2 Å². The highest BCUT2D eigenvalue weighted by molar-refractivity contribution is 9.10. The molecule has 3 atom stereocenters. The molecule has 4 heteroatoms. The van der Waals surface area contributed by atoms with Gasteiger partial charge in [-0.1, -0.05) is 6.92 Å². The van der Waals surface area contributed by atoms with Crippen LogP contribution in [0.4, 0.5) is 0 Å². The number of hydrogen-bond acceptors (Lipinski definition) is 3. The monoisotopic (exact) mass is 286 g/mol. The van der Waals surface area contributed by atoms with Crippen molar-refractivity contribution in [3.05, 3.63) is 22.6 Å². The van der Waals surface area contributed by atoms with Gasteiger partial charge in [-0.3, -0.25) is 4.90 Å². The maximum Gasteiger partial charge on any atom is 0.169 e. The summed E-state index contributed by atoms with van der Waals surface area (Å²) in [5.41, 5.74) is 6.03. The summed E-state index contributed by atoms with van der Waals surface area (Å²) in [6.45, 7) is 6.53. The molecule has 0 saturated carbocycles. The molecule has 1 aromatic rings. The van der Waals surface area contributed by atoms with Gasteiger partial charge in [0.2, 0.25) is 0 Å². The van der Waals surface area contributed by atoms with Crippen LogP contribution >= 0.6 is 15.9 Å². The molecule has 90 valence electrons. The van der Waals surface area contributed by atoms with E-state index in [0.717, 1.165) is 29.9 Å². The zero-order valence-corrected chi connectivity index (χ0v) is 11.4.